The molecular formula is C6H5N3O5. The maximum Gasteiger partial charge on any atom is 0.433 e. The molecule has 0 spiro atoms. The summed E-state index contributed by atoms with van der Waals surface area (Å²) in [6.07, 6.45) is -0.316. The van der Waals surface area contributed by atoms with Gasteiger partial charge in [0.25, 0.3) is 0 Å². The lowest BCUT2D eigenvalue weighted by Gasteiger charge is -1.87. The first-order chi connectivity index (χ1) is 6.59. The number of carbonyl (C=O) groups is 1. The highest BCUT2D eigenvalue weighted by Gasteiger charge is 2.09. The van der Waals surface area contributed by atoms with Crippen LogP contribution in [0.5, 0.6) is 0 Å². The molecule has 1 aromatic heterocycles. The Kier molecular flexibility index (Phi) is 2.79. The molecule has 8 heteroatoms. The van der Waals surface area contributed by atoms with Crippen molar-refractivity contribution in [1.82, 2.24) is 5.43 Å². The fourth-order valence-corrected chi connectivity index (χ4v) is 0.661. The minimum Gasteiger partial charge on any atom is -0.464 e. The molecule has 0 unspecified atom stereocenters. The zero-order chi connectivity index (χ0) is 10.6. The number of hydrogen-bond acceptors (Lipinski definition) is 5. The van der Waals surface area contributed by atoms with E-state index in [1.165, 1.54) is 6.07 Å². The van der Waals surface area contributed by atoms with Crippen LogP contribution in [0.15, 0.2) is 21.7 Å². The van der Waals surface area contributed by atoms with Crippen molar-refractivity contribution < 1.29 is 19.2 Å². The fourth-order valence-electron chi connectivity index (χ4n) is 0.661. The number of carboxylic acid groups (broad SMARTS) is 1. The summed E-state index contributed by atoms with van der Waals surface area (Å²) in [7, 11) is 0. The monoisotopic (exact) mass is 199 g/mol. The molecule has 0 bridgehead atoms. The number of nitrogens with one attached hydrogen (secondary N) is 1. The number of amides is 1. The first-order valence-electron chi connectivity index (χ1n) is 3.36. The summed E-state index contributed by atoms with van der Waals surface area (Å²) in [4.78, 5) is 19.4. The summed E-state index contributed by atoms with van der Waals surface area (Å²) >= 11 is 0. The third-order valence-electron chi connectivity index (χ3n) is 1.14. The minimum atomic E-state index is -1.33. The molecule has 2 N–H and O–H groups in total. The number of hydrazone groups is 1. The quantitative estimate of drug-likeness (QED) is 0.423. The van der Waals surface area contributed by atoms with Crippen LogP contribution in [0.4, 0.5) is 10.7 Å². The van der Waals surface area contributed by atoms with Gasteiger partial charge in [0.15, 0.2) is 5.76 Å². The Hall–Kier alpha value is -2.38. The maximum absolute atomic E-state index is 10.2. The minimum absolute atomic E-state index is 0.0884. The van der Waals surface area contributed by atoms with Crippen LogP contribution in [0.2, 0.25) is 0 Å². The lowest BCUT2D eigenvalue weighted by atomic mass is 10.5. The second-order valence-electron chi connectivity index (χ2n) is 2.11. The van der Waals surface area contributed by atoms with E-state index in [1.54, 1.807) is 5.43 Å². The number of hydrogen-bond donors (Lipinski definition) is 2. The van der Waals surface area contributed by atoms with Gasteiger partial charge in [-0.15, -0.1) is 0 Å². The van der Waals surface area contributed by atoms with Crippen LogP contribution in [0.3, 0.4) is 0 Å². The molecule has 0 fully saturated rings. The molecule has 1 amide bonds. The van der Waals surface area contributed by atoms with Crippen molar-refractivity contribution in [2.45, 2.75) is 0 Å². The number of nitro groups is 1. The normalized spacial score (nSPS) is 10.3. The first kappa shape index (κ1) is 9.71. The van der Waals surface area contributed by atoms with Gasteiger partial charge in [0, 0.05) is 0 Å². The highest BCUT2D eigenvalue weighted by Crippen LogP contribution is 2.13. The van der Waals surface area contributed by atoms with Gasteiger partial charge < -0.3 is 9.52 Å². The molecule has 8 nitrogen and oxygen atoms in total. The van der Waals surface area contributed by atoms with Crippen LogP contribution < -0.4 is 5.43 Å². The molecule has 0 aliphatic heterocycles. The van der Waals surface area contributed by atoms with E-state index in [-0.39, 0.29) is 5.76 Å². The van der Waals surface area contributed by atoms with Crippen molar-refractivity contribution >= 4 is 18.2 Å². The van der Waals surface area contributed by atoms with Crippen molar-refractivity contribution in [3.05, 3.63) is 28.0 Å². The van der Waals surface area contributed by atoms with Crippen LogP contribution in [0.25, 0.3) is 0 Å². The standard InChI is InChI=1S/C6H5N3O5/c10-6(11)8-7-3-4-1-2-5(14-4)9(12)13/h1-3,8H,(H,10,11). The predicted molar refractivity (Wildman–Crippen MR) is 44.1 cm³/mol. The van der Waals surface area contributed by atoms with Crippen LogP contribution in [-0.2, 0) is 0 Å². The van der Waals surface area contributed by atoms with E-state index in [9.17, 15) is 14.9 Å². The molecule has 1 rings (SSSR count). The molecule has 14 heavy (non-hydrogen) atoms. The predicted octanol–water partition coefficient (Wildman–Crippen LogP) is 0.789. The maximum atomic E-state index is 10.2. The topological polar surface area (TPSA) is 118 Å². The molecule has 0 aromatic carbocycles. The third kappa shape index (κ3) is 2.59. The molecule has 0 radical (unpaired) electrons. The summed E-state index contributed by atoms with van der Waals surface area (Å²) in [5.74, 6) is -0.341. The van der Waals surface area contributed by atoms with Crippen molar-refractivity contribution in [2.75, 3.05) is 0 Å². The number of rotatable bonds is 3. The van der Waals surface area contributed by atoms with E-state index in [0.29, 0.717) is 0 Å². The van der Waals surface area contributed by atoms with Crippen LogP contribution >= 0.6 is 0 Å². The van der Waals surface area contributed by atoms with E-state index in [2.05, 4.69) is 9.52 Å². The average molecular weight is 199 g/mol. The molecule has 74 valence electrons. The lowest BCUT2D eigenvalue weighted by molar-refractivity contribution is -0.402. The molecule has 1 heterocycles. The first-order valence-corrected chi connectivity index (χ1v) is 3.36. The van der Waals surface area contributed by atoms with E-state index >= 15 is 0 Å². The zero-order valence-electron chi connectivity index (χ0n) is 6.71. The van der Waals surface area contributed by atoms with Crippen molar-refractivity contribution in [3.8, 4) is 0 Å². The van der Waals surface area contributed by atoms with Gasteiger partial charge in [0.2, 0.25) is 0 Å². The van der Waals surface area contributed by atoms with E-state index in [1.807, 2.05) is 0 Å². The van der Waals surface area contributed by atoms with Crippen LogP contribution in [0, 0.1) is 10.1 Å². The zero-order valence-corrected chi connectivity index (χ0v) is 6.71. The largest absolute Gasteiger partial charge is 0.464 e. The van der Waals surface area contributed by atoms with Gasteiger partial charge in [-0.2, -0.15) is 5.10 Å². The second-order valence-corrected chi connectivity index (χ2v) is 2.11. The molecule has 0 aliphatic carbocycles. The summed E-state index contributed by atoms with van der Waals surface area (Å²) in [6.45, 7) is 0. The number of furan rings is 1. The van der Waals surface area contributed by atoms with Crippen molar-refractivity contribution in [3.63, 3.8) is 0 Å². The fraction of sp³-hybridized carbons (Fsp3) is 0. The van der Waals surface area contributed by atoms with Crippen LogP contribution in [0.1, 0.15) is 5.76 Å². The summed E-state index contributed by atoms with van der Waals surface area (Å²) in [6, 6.07) is 2.44. The molecule has 1 aromatic rings. The average Bonchev–Trinajstić information content (AvgIpc) is 2.52. The van der Waals surface area contributed by atoms with Gasteiger partial charge in [0.05, 0.1) is 12.3 Å². The van der Waals surface area contributed by atoms with Crippen molar-refractivity contribution in [1.29, 1.82) is 0 Å². The Bertz CT molecular complexity index is 383. The number of nitrogens with zero attached hydrogens (tertiary/aromatic N) is 2. The van der Waals surface area contributed by atoms with Gasteiger partial charge >= 0.3 is 12.0 Å². The Morgan fingerprint density at radius 1 is 1.71 bits per heavy atom. The summed E-state index contributed by atoms with van der Waals surface area (Å²) in [5.41, 5.74) is 1.69. The summed E-state index contributed by atoms with van der Waals surface area (Å²) in [5, 5.41) is 21.5. The lowest BCUT2D eigenvalue weighted by Crippen LogP contribution is -2.13. The molecular weight excluding hydrogens is 194 g/mol. The smallest absolute Gasteiger partial charge is 0.433 e. The Labute approximate surface area is 77.0 Å². The third-order valence-corrected chi connectivity index (χ3v) is 1.14. The molecule has 0 saturated heterocycles. The van der Waals surface area contributed by atoms with Gasteiger partial charge in [-0.05, 0) is 6.07 Å². The SMILES string of the molecule is O=C(O)NN=Cc1ccc([N+](=O)[O-])o1. The molecule has 0 saturated carbocycles. The Morgan fingerprint density at radius 3 is 2.93 bits per heavy atom. The van der Waals surface area contributed by atoms with Crippen molar-refractivity contribution in [2.24, 2.45) is 5.10 Å². The van der Waals surface area contributed by atoms with Gasteiger partial charge in [-0.25, -0.2) is 10.2 Å². The van der Waals surface area contributed by atoms with Gasteiger partial charge in [0.1, 0.15) is 4.92 Å². The molecule has 0 atom stereocenters. The molecule has 0 aliphatic rings. The van der Waals surface area contributed by atoms with E-state index < -0.39 is 16.9 Å². The van der Waals surface area contributed by atoms with Crippen LogP contribution in [-0.4, -0.2) is 22.3 Å². The Morgan fingerprint density at radius 2 is 2.43 bits per heavy atom. The van der Waals surface area contributed by atoms with Gasteiger partial charge in [-0.1, -0.05) is 0 Å². The van der Waals surface area contributed by atoms with E-state index in [0.717, 1.165) is 12.3 Å². The highest BCUT2D eigenvalue weighted by atomic mass is 16.6. The summed E-state index contributed by atoms with van der Waals surface area (Å²) < 4.78 is 4.65. The van der Waals surface area contributed by atoms with E-state index in [4.69, 9.17) is 5.11 Å². The highest BCUT2D eigenvalue weighted by molar-refractivity contribution is 5.77. The second kappa shape index (κ2) is 4.03. The van der Waals surface area contributed by atoms with Gasteiger partial charge in [-0.3, -0.25) is 10.1 Å². The Balaban J connectivity index is 2.64.